The largest absolute Gasteiger partial charge is 0.458 e. The summed E-state index contributed by atoms with van der Waals surface area (Å²) in [6, 6.07) is 0.663. The van der Waals surface area contributed by atoms with Crippen LogP contribution in [0.15, 0.2) is 21.7 Å². The summed E-state index contributed by atoms with van der Waals surface area (Å²) in [6.07, 6.45) is 7.27. The fraction of sp³-hybridized carbons (Fsp3) is 0.815. The Morgan fingerprint density at radius 1 is 1.15 bits per heavy atom. The summed E-state index contributed by atoms with van der Waals surface area (Å²) in [4.78, 5) is 15.0. The first-order valence-electron chi connectivity index (χ1n) is 13.7. The van der Waals surface area contributed by atoms with Crippen LogP contribution >= 0.6 is 23.4 Å². The number of ether oxygens (including phenoxy) is 1. The molecule has 34 heavy (non-hydrogen) atoms. The number of halogens is 1. The van der Waals surface area contributed by atoms with E-state index in [0.717, 1.165) is 44.1 Å². The van der Waals surface area contributed by atoms with E-state index in [1.165, 1.54) is 22.6 Å². The quantitative estimate of drug-likeness (QED) is 0.393. The molecule has 2 saturated carbocycles. The molecule has 9 atom stereocenters. The number of allylic oxidation sites excluding steroid dienone is 1. The van der Waals surface area contributed by atoms with Crippen molar-refractivity contribution in [2.75, 3.05) is 0 Å². The number of carbonyl (C=O) groups excluding carboxylic acids is 1. The van der Waals surface area contributed by atoms with Gasteiger partial charge in [0.15, 0.2) is 0 Å². The van der Waals surface area contributed by atoms with Gasteiger partial charge in [-0.2, -0.15) is 0 Å². The second-order valence-electron chi connectivity index (χ2n) is 12.0. The Balaban J connectivity index is 1.44. The topological polar surface area (TPSA) is 75.2 Å². The van der Waals surface area contributed by atoms with Crippen LogP contribution < -0.4 is 10.6 Å². The summed E-state index contributed by atoms with van der Waals surface area (Å²) in [5.41, 5.74) is 3.62. The summed E-state index contributed by atoms with van der Waals surface area (Å²) in [5, 5.41) is 18.0. The van der Waals surface area contributed by atoms with Gasteiger partial charge in [-0.15, -0.1) is 11.6 Å². The van der Waals surface area contributed by atoms with Crippen molar-refractivity contribution < 1.29 is 20.0 Å². The maximum Gasteiger partial charge on any atom is 0.336 e. The smallest absolute Gasteiger partial charge is 0.336 e. The Kier molecular flexibility index (Phi) is 6.27. The molecule has 4 aliphatic heterocycles. The Morgan fingerprint density at radius 2 is 1.91 bits per heavy atom. The second kappa shape index (κ2) is 9.00. The van der Waals surface area contributed by atoms with Gasteiger partial charge in [-0.25, -0.2) is 4.79 Å². The van der Waals surface area contributed by atoms with E-state index in [1.807, 2.05) is 11.8 Å². The number of alkyl halides is 1. The molecule has 7 heteroatoms. The van der Waals surface area contributed by atoms with Gasteiger partial charge in [-0.3, -0.25) is 0 Å². The van der Waals surface area contributed by atoms with Gasteiger partial charge in [0.1, 0.15) is 11.5 Å². The normalized spacial score (nSPS) is 48.4. The van der Waals surface area contributed by atoms with Crippen molar-refractivity contribution in [3.8, 4) is 0 Å². The predicted octanol–water partition coefficient (Wildman–Crippen LogP) is 3.67. The third-order valence-electron chi connectivity index (χ3n) is 9.79. The van der Waals surface area contributed by atoms with Gasteiger partial charge in [-0.05, 0) is 62.4 Å². The summed E-state index contributed by atoms with van der Waals surface area (Å²) in [7, 11) is 0. The third-order valence-corrected chi connectivity index (χ3v) is 11.6. The number of piperidine rings is 1. The molecular formula is C27H40ClN2O3S+. The molecule has 0 aromatic rings. The standard InChI is InChI=1S/C27H39ClN2O3S/c1-4-14-10-17-19(11-18(14)31)33-27(32)22-21(17)25-24(20-12(2)9-13(3)29-26(20)34-25)30-23(22)15-5-7-16(28)8-6-15/h12-20,23,26,29-31H,4-11H2,1-3H3/p+1/t12?,13?,14?,15?,16?,17?,18?,19?,20?,23-,26?/m0/s1. The van der Waals surface area contributed by atoms with Gasteiger partial charge in [0.05, 0.1) is 29.7 Å². The highest BCUT2D eigenvalue weighted by Gasteiger charge is 2.55. The number of carbonyl (C=O) groups is 1. The van der Waals surface area contributed by atoms with Gasteiger partial charge in [0.2, 0.25) is 0 Å². The SMILES string of the molecule is CCC1CC2C3=C(C(=O)OC2CC1O)[C@H](C1CCC(Cl)CC1)NC1=C3SC2[NH2+]C(C)CC(C)C12. The van der Waals surface area contributed by atoms with Crippen LogP contribution in [-0.2, 0) is 9.53 Å². The number of aliphatic hydroxyl groups is 1. The lowest BCUT2D eigenvalue weighted by atomic mass is 9.67. The lowest BCUT2D eigenvalue weighted by Crippen LogP contribution is -2.96. The maximum absolute atomic E-state index is 13.6. The molecule has 0 spiro atoms. The Morgan fingerprint density at radius 3 is 2.65 bits per heavy atom. The van der Waals surface area contributed by atoms with E-state index in [1.54, 1.807) is 0 Å². The van der Waals surface area contributed by atoms with Gasteiger partial charge in [0, 0.05) is 34.7 Å². The number of nitrogens with one attached hydrogen (secondary N) is 1. The lowest BCUT2D eigenvalue weighted by Gasteiger charge is -2.47. The summed E-state index contributed by atoms with van der Waals surface area (Å²) < 4.78 is 6.11. The zero-order valence-electron chi connectivity index (χ0n) is 20.6. The number of hydrogen-bond acceptors (Lipinski definition) is 5. The van der Waals surface area contributed by atoms with E-state index >= 15 is 0 Å². The lowest BCUT2D eigenvalue weighted by molar-refractivity contribution is -0.714. The number of esters is 1. The molecule has 0 amide bonds. The molecular weight excluding hydrogens is 468 g/mol. The Hall–Kier alpha value is -0.690. The average molecular weight is 508 g/mol. The molecule has 0 radical (unpaired) electrons. The molecule has 5 nitrogen and oxygen atoms in total. The van der Waals surface area contributed by atoms with Gasteiger partial charge in [-0.1, -0.05) is 32.0 Å². The predicted molar refractivity (Wildman–Crippen MR) is 135 cm³/mol. The fourth-order valence-corrected chi connectivity index (χ4v) is 10.2. The van der Waals surface area contributed by atoms with Crippen molar-refractivity contribution in [2.24, 2.45) is 29.6 Å². The van der Waals surface area contributed by atoms with Crippen molar-refractivity contribution in [3.05, 3.63) is 21.7 Å². The van der Waals surface area contributed by atoms with Crippen LogP contribution in [0.2, 0.25) is 0 Å². The van der Waals surface area contributed by atoms with Crippen LogP contribution in [-0.4, -0.2) is 46.1 Å². The number of thioether (sulfide) groups is 1. The molecule has 0 aromatic carbocycles. The second-order valence-corrected chi connectivity index (χ2v) is 13.8. The van der Waals surface area contributed by atoms with Crippen LogP contribution in [0.25, 0.3) is 0 Å². The van der Waals surface area contributed by atoms with Crippen LogP contribution in [0.1, 0.15) is 72.1 Å². The molecule has 6 rings (SSSR count). The number of quaternary nitrogens is 1. The molecule has 0 bridgehead atoms. The minimum absolute atomic E-state index is 0.0317. The molecule has 0 aromatic heterocycles. The third kappa shape index (κ3) is 3.77. The number of fused-ring (bicyclic) bond motifs is 5. The van der Waals surface area contributed by atoms with E-state index in [9.17, 15) is 9.90 Å². The van der Waals surface area contributed by atoms with Crippen LogP contribution in [0.4, 0.5) is 0 Å². The number of aliphatic hydroxyl groups excluding tert-OH is 1. The number of hydrogen-bond donors (Lipinski definition) is 3. The first-order valence-corrected chi connectivity index (χ1v) is 15.0. The van der Waals surface area contributed by atoms with Gasteiger partial charge >= 0.3 is 5.97 Å². The monoisotopic (exact) mass is 507 g/mol. The van der Waals surface area contributed by atoms with Crippen LogP contribution in [0.3, 0.4) is 0 Å². The van der Waals surface area contributed by atoms with Crippen molar-refractivity contribution in [2.45, 2.75) is 107 Å². The fourth-order valence-electron chi connectivity index (χ4n) is 8.07. The summed E-state index contributed by atoms with van der Waals surface area (Å²) in [5.74, 6) is 1.89. The molecule has 4 heterocycles. The molecule has 4 N–H and O–H groups in total. The van der Waals surface area contributed by atoms with Crippen molar-refractivity contribution in [1.29, 1.82) is 0 Å². The van der Waals surface area contributed by atoms with E-state index in [4.69, 9.17) is 16.3 Å². The van der Waals surface area contributed by atoms with Crippen molar-refractivity contribution >= 4 is 29.3 Å². The molecule has 188 valence electrons. The first-order chi connectivity index (χ1) is 16.4. The molecule has 6 aliphatic rings. The van der Waals surface area contributed by atoms with Crippen molar-refractivity contribution in [1.82, 2.24) is 5.32 Å². The number of nitrogens with two attached hydrogens (primary N) is 1. The Bertz CT molecular complexity index is 914. The van der Waals surface area contributed by atoms with E-state index < -0.39 is 0 Å². The Labute approximate surface area is 212 Å². The summed E-state index contributed by atoms with van der Waals surface area (Å²) >= 11 is 8.47. The highest BCUT2D eigenvalue weighted by Crippen LogP contribution is 2.56. The summed E-state index contributed by atoms with van der Waals surface area (Å²) in [6.45, 7) is 6.94. The number of dihydropyridines is 1. The van der Waals surface area contributed by atoms with E-state index in [0.29, 0.717) is 35.6 Å². The minimum atomic E-state index is -0.376. The highest BCUT2D eigenvalue weighted by molar-refractivity contribution is 8.04. The van der Waals surface area contributed by atoms with Gasteiger partial charge in [0.25, 0.3) is 0 Å². The van der Waals surface area contributed by atoms with Gasteiger partial charge < -0.3 is 20.5 Å². The van der Waals surface area contributed by atoms with E-state index in [2.05, 4.69) is 31.4 Å². The minimum Gasteiger partial charge on any atom is -0.458 e. The molecule has 2 aliphatic carbocycles. The van der Waals surface area contributed by atoms with E-state index in [-0.39, 0.29) is 41.4 Å². The zero-order chi connectivity index (χ0) is 23.7. The van der Waals surface area contributed by atoms with Crippen molar-refractivity contribution in [3.63, 3.8) is 0 Å². The highest BCUT2D eigenvalue weighted by atomic mass is 35.5. The maximum atomic E-state index is 13.6. The van der Waals surface area contributed by atoms with Crippen LogP contribution in [0.5, 0.6) is 0 Å². The average Bonchev–Trinajstić information content (AvgIpc) is 3.17. The molecule has 1 saturated heterocycles. The zero-order valence-corrected chi connectivity index (χ0v) is 22.2. The molecule has 3 fully saturated rings. The first kappa shape index (κ1) is 23.7. The number of rotatable bonds is 2. The van der Waals surface area contributed by atoms with Crippen LogP contribution in [0, 0.1) is 29.6 Å². The molecule has 8 unspecified atom stereocenters.